The lowest BCUT2D eigenvalue weighted by Crippen LogP contribution is -2.29. The van der Waals surface area contributed by atoms with Crippen LogP contribution in [0.25, 0.3) is 11.2 Å². The van der Waals surface area contributed by atoms with Crippen molar-refractivity contribution in [3.63, 3.8) is 0 Å². The Kier molecular flexibility index (Phi) is 5.37. The van der Waals surface area contributed by atoms with E-state index >= 15 is 0 Å². The van der Waals surface area contributed by atoms with Crippen molar-refractivity contribution in [3.8, 4) is 0 Å². The number of hydrazone groups is 1. The number of aromatic nitrogens is 4. The average molecular weight is 467 g/mol. The van der Waals surface area contributed by atoms with Crippen molar-refractivity contribution in [1.29, 1.82) is 0 Å². The standard InChI is InChI=1S/C21H19BrN6O2/c1-13(15-8-4-3-5-9-15)25-26-20-23-18-17(19(29)24-21(30)27(18)2)28(20)12-14-7-6-10-16(22)11-14/h3-11H,12H2,1-2H3,(H,23,26)(H,24,29,30)/b25-13-. The highest BCUT2D eigenvalue weighted by molar-refractivity contribution is 9.10. The lowest BCUT2D eigenvalue weighted by molar-refractivity contribution is 0.808. The first-order chi connectivity index (χ1) is 14.4. The molecule has 0 saturated carbocycles. The lowest BCUT2D eigenvalue weighted by atomic mass is 10.1. The number of rotatable bonds is 5. The largest absolute Gasteiger partial charge is 0.329 e. The van der Waals surface area contributed by atoms with Gasteiger partial charge < -0.3 is 0 Å². The first-order valence-electron chi connectivity index (χ1n) is 9.24. The monoisotopic (exact) mass is 466 g/mol. The third-order valence-electron chi connectivity index (χ3n) is 4.75. The van der Waals surface area contributed by atoms with Crippen LogP contribution in [-0.4, -0.2) is 24.8 Å². The third-order valence-corrected chi connectivity index (χ3v) is 5.25. The van der Waals surface area contributed by atoms with Crippen LogP contribution in [0.1, 0.15) is 18.1 Å². The fourth-order valence-corrected chi connectivity index (χ4v) is 3.62. The number of anilines is 1. The van der Waals surface area contributed by atoms with Gasteiger partial charge in [-0.05, 0) is 30.2 Å². The molecule has 0 radical (unpaired) electrons. The fraction of sp³-hybridized carbons (Fsp3) is 0.143. The van der Waals surface area contributed by atoms with E-state index in [2.05, 4.69) is 36.4 Å². The predicted molar refractivity (Wildman–Crippen MR) is 121 cm³/mol. The molecule has 4 rings (SSSR count). The molecule has 0 fully saturated rings. The molecule has 0 saturated heterocycles. The van der Waals surface area contributed by atoms with E-state index in [1.807, 2.05) is 61.5 Å². The van der Waals surface area contributed by atoms with E-state index in [0.717, 1.165) is 21.3 Å². The van der Waals surface area contributed by atoms with Gasteiger partial charge >= 0.3 is 5.69 Å². The number of nitrogens with zero attached hydrogens (tertiary/aromatic N) is 4. The van der Waals surface area contributed by atoms with Crippen molar-refractivity contribution in [2.45, 2.75) is 13.5 Å². The topological polar surface area (TPSA) is 97.1 Å². The Balaban J connectivity index is 1.83. The van der Waals surface area contributed by atoms with Gasteiger partial charge in [0, 0.05) is 11.5 Å². The summed E-state index contributed by atoms with van der Waals surface area (Å²) in [5.74, 6) is 0.368. The van der Waals surface area contributed by atoms with Gasteiger partial charge in [-0.3, -0.25) is 18.9 Å². The number of aromatic amines is 1. The van der Waals surface area contributed by atoms with Crippen molar-refractivity contribution >= 4 is 38.8 Å². The number of fused-ring (bicyclic) bond motifs is 1. The zero-order chi connectivity index (χ0) is 21.3. The summed E-state index contributed by atoms with van der Waals surface area (Å²) in [6.45, 7) is 2.26. The van der Waals surface area contributed by atoms with Gasteiger partial charge in [-0.25, -0.2) is 10.2 Å². The molecule has 0 bridgehead atoms. The Labute approximate surface area is 180 Å². The molecule has 4 aromatic rings. The van der Waals surface area contributed by atoms with Gasteiger partial charge in [0.25, 0.3) is 5.56 Å². The van der Waals surface area contributed by atoms with Crippen molar-refractivity contribution in [2.75, 3.05) is 5.43 Å². The van der Waals surface area contributed by atoms with Gasteiger partial charge in [-0.2, -0.15) is 10.1 Å². The Morgan fingerprint density at radius 1 is 1.17 bits per heavy atom. The number of H-pyrrole nitrogens is 1. The highest BCUT2D eigenvalue weighted by atomic mass is 79.9. The van der Waals surface area contributed by atoms with Gasteiger partial charge in [-0.15, -0.1) is 0 Å². The zero-order valence-corrected chi connectivity index (χ0v) is 18.0. The molecule has 2 aromatic carbocycles. The Hall–Kier alpha value is -3.46. The van der Waals surface area contributed by atoms with E-state index in [-0.39, 0.29) is 5.65 Å². The number of imidazole rings is 1. The highest BCUT2D eigenvalue weighted by Gasteiger charge is 2.17. The van der Waals surface area contributed by atoms with Crippen LogP contribution in [0.15, 0.2) is 73.8 Å². The van der Waals surface area contributed by atoms with Crippen LogP contribution in [0.3, 0.4) is 0 Å². The smallest absolute Gasteiger partial charge is 0.298 e. The van der Waals surface area contributed by atoms with Gasteiger partial charge in [0.05, 0.1) is 12.3 Å². The van der Waals surface area contributed by atoms with E-state index in [0.29, 0.717) is 18.0 Å². The van der Waals surface area contributed by atoms with Gasteiger partial charge in [0.2, 0.25) is 5.95 Å². The molecule has 2 N–H and O–H groups in total. The summed E-state index contributed by atoms with van der Waals surface area (Å²) in [4.78, 5) is 31.5. The molecule has 0 aliphatic carbocycles. The molecule has 0 unspecified atom stereocenters. The quantitative estimate of drug-likeness (QED) is 0.348. The normalized spacial score (nSPS) is 11.8. The molecule has 0 atom stereocenters. The first-order valence-corrected chi connectivity index (χ1v) is 10.0. The predicted octanol–water partition coefficient (Wildman–Crippen LogP) is 3.07. The highest BCUT2D eigenvalue weighted by Crippen LogP contribution is 2.20. The molecule has 0 aliphatic heterocycles. The maximum absolute atomic E-state index is 12.6. The number of hydrogen-bond acceptors (Lipinski definition) is 5. The molecule has 2 aromatic heterocycles. The van der Waals surface area contributed by atoms with Gasteiger partial charge in [-0.1, -0.05) is 58.4 Å². The Morgan fingerprint density at radius 3 is 2.67 bits per heavy atom. The van der Waals surface area contributed by atoms with E-state index in [1.165, 1.54) is 4.57 Å². The van der Waals surface area contributed by atoms with Crippen LogP contribution in [0.2, 0.25) is 0 Å². The van der Waals surface area contributed by atoms with Crippen LogP contribution >= 0.6 is 15.9 Å². The zero-order valence-electron chi connectivity index (χ0n) is 16.4. The van der Waals surface area contributed by atoms with E-state index in [9.17, 15) is 9.59 Å². The molecule has 2 heterocycles. The summed E-state index contributed by atoms with van der Waals surface area (Å²) in [6.07, 6.45) is 0. The molecule has 0 spiro atoms. The number of halogens is 1. The number of aryl methyl sites for hydroxylation is 1. The SMILES string of the molecule is C/C(=N/Nc1nc2c(c(=O)[nH]c(=O)n2C)n1Cc1cccc(Br)c1)c1ccccc1. The summed E-state index contributed by atoms with van der Waals surface area (Å²) in [6, 6.07) is 17.5. The molecule has 30 heavy (non-hydrogen) atoms. The molecule has 8 nitrogen and oxygen atoms in total. The van der Waals surface area contributed by atoms with Crippen molar-refractivity contribution in [3.05, 3.63) is 91.0 Å². The molecule has 152 valence electrons. The van der Waals surface area contributed by atoms with Crippen LogP contribution < -0.4 is 16.7 Å². The second-order valence-corrected chi connectivity index (χ2v) is 7.73. The van der Waals surface area contributed by atoms with Crippen molar-refractivity contribution in [2.24, 2.45) is 12.1 Å². The van der Waals surface area contributed by atoms with Gasteiger partial charge in [0.1, 0.15) is 0 Å². The summed E-state index contributed by atoms with van der Waals surface area (Å²) in [5.41, 5.74) is 5.23. The summed E-state index contributed by atoms with van der Waals surface area (Å²) in [7, 11) is 1.57. The van der Waals surface area contributed by atoms with Crippen LogP contribution in [-0.2, 0) is 13.6 Å². The number of hydrogen-bond donors (Lipinski definition) is 2. The number of benzene rings is 2. The third kappa shape index (κ3) is 3.84. The van der Waals surface area contributed by atoms with Crippen LogP contribution in [0.4, 0.5) is 5.95 Å². The minimum absolute atomic E-state index is 0.286. The van der Waals surface area contributed by atoms with Crippen LogP contribution in [0, 0.1) is 0 Å². The molecule has 0 aliphatic rings. The second-order valence-electron chi connectivity index (χ2n) is 6.82. The van der Waals surface area contributed by atoms with E-state index in [4.69, 9.17) is 0 Å². The Bertz CT molecular complexity index is 1370. The number of nitrogens with one attached hydrogen (secondary N) is 2. The minimum atomic E-state index is -0.518. The summed E-state index contributed by atoms with van der Waals surface area (Å²) in [5, 5.41) is 4.44. The van der Waals surface area contributed by atoms with Crippen molar-refractivity contribution in [1.82, 2.24) is 19.1 Å². The summed E-state index contributed by atoms with van der Waals surface area (Å²) >= 11 is 3.47. The van der Waals surface area contributed by atoms with E-state index in [1.54, 1.807) is 11.6 Å². The molecular weight excluding hydrogens is 448 g/mol. The maximum atomic E-state index is 12.6. The lowest BCUT2D eigenvalue weighted by Gasteiger charge is -2.09. The average Bonchev–Trinajstić information content (AvgIpc) is 3.10. The molecular formula is C21H19BrN6O2. The fourth-order valence-electron chi connectivity index (χ4n) is 3.17. The second kappa shape index (κ2) is 8.11. The molecule has 9 heteroatoms. The Morgan fingerprint density at radius 2 is 1.93 bits per heavy atom. The van der Waals surface area contributed by atoms with Crippen LogP contribution in [0.5, 0.6) is 0 Å². The summed E-state index contributed by atoms with van der Waals surface area (Å²) < 4.78 is 3.96. The van der Waals surface area contributed by atoms with Crippen molar-refractivity contribution < 1.29 is 0 Å². The first kappa shape index (κ1) is 19.8. The maximum Gasteiger partial charge on any atom is 0.329 e. The van der Waals surface area contributed by atoms with Gasteiger partial charge in [0.15, 0.2) is 11.2 Å². The minimum Gasteiger partial charge on any atom is -0.298 e. The van der Waals surface area contributed by atoms with E-state index < -0.39 is 11.2 Å². The molecule has 0 amide bonds.